The minimum atomic E-state index is -3.80. The molecule has 0 atom stereocenters. The van der Waals surface area contributed by atoms with E-state index in [1.54, 1.807) is 4.68 Å². The monoisotopic (exact) mass is 406 g/mol. The van der Waals surface area contributed by atoms with Crippen molar-refractivity contribution in [2.45, 2.75) is 76.4 Å². The van der Waals surface area contributed by atoms with Gasteiger partial charge in [-0.2, -0.15) is 4.31 Å². The standard InChI is InChI=1S/C20H27FN4O2S/c1-20(2,3)25-13-17-19(16-11-15(21)9-10-18(16)28(25,26)27)24(23-22-17)12-14-7-5-4-6-8-14/h9-11,14H,4-8,12-13H2,1-3H3. The lowest BCUT2D eigenvalue weighted by Crippen LogP contribution is -2.44. The minimum absolute atomic E-state index is 0.120. The maximum absolute atomic E-state index is 14.1. The lowest BCUT2D eigenvalue weighted by Gasteiger charge is -2.33. The summed E-state index contributed by atoms with van der Waals surface area (Å²) in [7, 11) is -3.80. The van der Waals surface area contributed by atoms with Crippen LogP contribution in [0, 0.1) is 11.7 Å². The highest BCUT2D eigenvalue weighted by atomic mass is 32.2. The lowest BCUT2D eigenvalue weighted by atomic mass is 9.89. The van der Waals surface area contributed by atoms with Gasteiger partial charge < -0.3 is 0 Å². The fourth-order valence-corrected chi connectivity index (χ4v) is 6.27. The van der Waals surface area contributed by atoms with Crippen molar-refractivity contribution in [1.29, 1.82) is 0 Å². The zero-order valence-corrected chi connectivity index (χ0v) is 17.5. The van der Waals surface area contributed by atoms with Gasteiger partial charge in [0.25, 0.3) is 0 Å². The number of benzene rings is 1. The smallest absolute Gasteiger partial charge is 0.244 e. The van der Waals surface area contributed by atoms with Crippen LogP contribution in [0.4, 0.5) is 4.39 Å². The molecular weight excluding hydrogens is 379 g/mol. The van der Waals surface area contributed by atoms with Crippen LogP contribution in [0.25, 0.3) is 11.3 Å². The number of hydrogen-bond acceptors (Lipinski definition) is 4. The van der Waals surface area contributed by atoms with Crippen LogP contribution in [-0.4, -0.2) is 33.3 Å². The summed E-state index contributed by atoms with van der Waals surface area (Å²) in [5.41, 5.74) is 0.941. The molecule has 0 N–H and O–H groups in total. The molecular formula is C20H27FN4O2S. The van der Waals surface area contributed by atoms with Gasteiger partial charge >= 0.3 is 0 Å². The predicted octanol–water partition coefficient (Wildman–Crippen LogP) is 3.97. The fraction of sp³-hybridized carbons (Fsp3) is 0.600. The quantitative estimate of drug-likeness (QED) is 0.757. The summed E-state index contributed by atoms with van der Waals surface area (Å²) in [5, 5.41) is 8.67. The van der Waals surface area contributed by atoms with Gasteiger partial charge in [-0.05, 0) is 57.7 Å². The molecule has 2 aliphatic rings. The first-order chi connectivity index (χ1) is 13.2. The Morgan fingerprint density at radius 1 is 1.18 bits per heavy atom. The minimum Gasteiger partial charge on any atom is -0.244 e. The molecule has 6 nitrogen and oxygen atoms in total. The van der Waals surface area contributed by atoms with E-state index in [0.717, 1.165) is 12.8 Å². The third-order valence-electron chi connectivity index (χ3n) is 5.77. The number of aromatic nitrogens is 3. The maximum Gasteiger partial charge on any atom is 0.244 e. The molecule has 0 spiro atoms. The van der Waals surface area contributed by atoms with E-state index < -0.39 is 21.4 Å². The molecule has 1 aromatic heterocycles. The molecule has 0 saturated heterocycles. The Balaban J connectivity index is 1.88. The zero-order valence-electron chi connectivity index (χ0n) is 16.7. The van der Waals surface area contributed by atoms with Crippen molar-refractivity contribution in [3.8, 4) is 11.3 Å². The van der Waals surface area contributed by atoms with Crippen molar-refractivity contribution in [1.82, 2.24) is 19.3 Å². The molecule has 2 aromatic rings. The van der Waals surface area contributed by atoms with Gasteiger partial charge in [0, 0.05) is 17.6 Å². The number of nitrogens with zero attached hydrogens (tertiary/aromatic N) is 4. The Kier molecular flexibility index (Phi) is 4.82. The zero-order chi connectivity index (χ0) is 20.1. The van der Waals surface area contributed by atoms with E-state index in [1.807, 2.05) is 20.8 Å². The van der Waals surface area contributed by atoms with Gasteiger partial charge in [-0.25, -0.2) is 17.5 Å². The Morgan fingerprint density at radius 3 is 2.57 bits per heavy atom. The number of fused-ring (bicyclic) bond motifs is 3. The second-order valence-corrected chi connectivity index (χ2v) is 10.7. The summed E-state index contributed by atoms with van der Waals surface area (Å²) in [6, 6.07) is 3.88. The van der Waals surface area contributed by atoms with Crippen molar-refractivity contribution in [2.75, 3.05) is 0 Å². The number of hydrogen-bond donors (Lipinski definition) is 0. The van der Waals surface area contributed by atoms with Gasteiger partial charge in [-0.3, -0.25) is 0 Å². The topological polar surface area (TPSA) is 68.1 Å². The molecule has 2 heterocycles. The van der Waals surface area contributed by atoms with E-state index in [-0.39, 0.29) is 11.4 Å². The molecule has 4 rings (SSSR count). The number of sulfonamides is 1. The van der Waals surface area contributed by atoms with Crippen molar-refractivity contribution >= 4 is 10.0 Å². The van der Waals surface area contributed by atoms with Crippen LogP contribution >= 0.6 is 0 Å². The first-order valence-corrected chi connectivity index (χ1v) is 11.4. The maximum atomic E-state index is 14.1. The summed E-state index contributed by atoms with van der Waals surface area (Å²) >= 11 is 0. The highest BCUT2D eigenvalue weighted by Gasteiger charge is 2.40. The van der Waals surface area contributed by atoms with Gasteiger partial charge in [-0.15, -0.1) is 5.10 Å². The highest BCUT2D eigenvalue weighted by molar-refractivity contribution is 7.89. The second-order valence-electron chi connectivity index (χ2n) is 8.89. The van der Waals surface area contributed by atoms with Crippen molar-refractivity contribution in [2.24, 2.45) is 5.92 Å². The molecule has 1 aliphatic carbocycles. The van der Waals surface area contributed by atoms with Gasteiger partial charge in [0.1, 0.15) is 11.5 Å². The van der Waals surface area contributed by atoms with E-state index in [1.165, 1.54) is 41.8 Å². The van der Waals surface area contributed by atoms with E-state index in [0.29, 0.717) is 29.4 Å². The first-order valence-electron chi connectivity index (χ1n) is 9.93. The molecule has 0 radical (unpaired) electrons. The Labute approximate surface area is 165 Å². The summed E-state index contributed by atoms with van der Waals surface area (Å²) < 4.78 is 44.2. The predicted molar refractivity (Wildman–Crippen MR) is 104 cm³/mol. The SMILES string of the molecule is CC(C)(C)N1Cc2nnn(CC3CCCCC3)c2-c2cc(F)ccc2S1(=O)=O. The Hall–Kier alpha value is -1.80. The summed E-state index contributed by atoms with van der Waals surface area (Å²) in [6.07, 6.45) is 5.95. The van der Waals surface area contributed by atoms with E-state index in [2.05, 4.69) is 10.3 Å². The molecule has 0 unspecified atom stereocenters. The van der Waals surface area contributed by atoms with Crippen LogP contribution in [0.2, 0.25) is 0 Å². The van der Waals surface area contributed by atoms with Gasteiger partial charge in [0.05, 0.1) is 17.1 Å². The molecule has 0 amide bonds. The van der Waals surface area contributed by atoms with E-state index in [9.17, 15) is 12.8 Å². The normalized spacial score (nSPS) is 20.4. The van der Waals surface area contributed by atoms with E-state index in [4.69, 9.17) is 0 Å². The van der Waals surface area contributed by atoms with Crippen LogP contribution in [0.15, 0.2) is 23.1 Å². The third-order valence-corrected chi connectivity index (χ3v) is 7.94. The number of rotatable bonds is 2. The Morgan fingerprint density at radius 2 is 1.89 bits per heavy atom. The molecule has 8 heteroatoms. The summed E-state index contributed by atoms with van der Waals surface area (Å²) in [6.45, 7) is 6.37. The molecule has 1 saturated carbocycles. The van der Waals surface area contributed by atoms with Gasteiger partial charge in [-0.1, -0.05) is 24.5 Å². The molecule has 1 aromatic carbocycles. The van der Waals surface area contributed by atoms with Crippen LogP contribution < -0.4 is 0 Å². The average molecular weight is 407 g/mol. The average Bonchev–Trinajstić information content (AvgIpc) is 2.97. The third kappa shape index (κ3) is 3.37. The van der Waals surface area contributed by atoms with Crippen LogP contribution in [0.1, 0.15) is 58.6 Å². The second kappa shape index (κ2) is 6.91. The molecule has 28 heavy (non-hydrogen) atoms. The highest BCUT2D eigenvalue weighted by Crippen LogP contribution is 2.39. The molecule has 152 valence electrons. The van der Waals surface area contributed by atoms with Gasteiger partial charge in [0.15, 0.2) is 0 Å². The Bertz CT molecular complexity index is 988. The van der Waals surface area contributed by atoms with Crippen LogP contribution in [0.3, 0.4) is 0 Å². The first kappa shape index (κ1) is 19.5. The van der Waals surface area contributed by atoms with Crippen molar-refractivity contribution < 1.29 is 12.8 Å². The van der Waals surface area contributed by atoms with Crippen LogP contribution in [-0.2, 0) is 23.1 Å². The molecule has 1 fully saturated rings. The van der Waals surface area contributed by atoms with Crippen molar-refractivity contribution in [3.05, 3.63) is 29.7 Å². The summed E-state index contributed by atoms with van der Waals surface area (Å²) in [5.74, 6) is 0.0321. The summed E-state index contributed by atoms with van der Waals surface area (Å²) in [4.78, 5) is 0.120. The van der Waals surface area contributed by atoms with Crippen molar-refractivity contribution in [3.63, 3.8) is 0 Å². The molecule has 0 bridgehead atoms. The fourth-order valence-electron chi connectivity index (χ4n) is 4.34. The van der Waals surface area contributed by atoms with Crippen LogP contribution in [0.5, 0.6) is 0 Å². The van der Waals surface area contributed by atoms with E-state index >= 15 is 0 Å². The molecule has 1 aliphatic heterocycles. The number of halogens is 1. The van der Waals surface area contributed by atoms with Gasteiger partial charge in [0.2, 0.25) is 10.0 Å². The largest absolute Gasteiger partial charge is 0.244 e. The lowest BCUT2D eigenvalue weighted by molar-refractivity contribution is 0.241.